The average Bonchev–Trinajstić information content (AvgIpc) is 2.50. The van der Waals surface area contributed by atoms with Gasteiger partial charge in [-0.3, -0.25) is 15.8 Å². The second kappa shape index (κ2) is 5.36. The number of aryl methyl sites for hydroxylation is 1. The molecule has 0 amide bonds. The summed E-state index contributed by atoms with van der Waals surface area (Å²) in [6.07, 6.45) is 5.49. The Balaban J connectivity index is 2.10. The zero-order valence-electron chi connectivity index (χ0n) is 11.2. The predicted octanol–water partition coefficient (Wildman–Crippen LogP) is 2.49. The van der Waals surface area contributed by atoms with Crippen LogP contribution in [0.2, 0.25) is 0 Å². The van der Waals surface area contributed by atoms with E-state index in [2.05, 4.69) is 27.5 Å². The zero-order valence-corrected chi connectivity index (χ0v) is 11.2. The minimum atomic E-state index is -0.0879. The lowest BCUT2D eigenvalue weighted by Gasteiger charge is -2.18. The number of hydrogen-bond donors (Lipinski definition) is 2. The molecule has 0 saturated heterocycles. The molecule has 0 aliphatic heterocycles. The predicted molar refractivity (Wildman–Crippen MR) is 79.9 cm³/mol. The Morgan fingerprint density at radius 3 is 2.80 bits per heavy atom. The van der Waals surface area contributed by atoms with Crippen LogP contribution in [0.5, 0.6) is 0 Å². The van der Waals surface area contributed by atoms with Crippen LogP contribution in [0.15, 0.2) is 55.0 Å². The molecule has 1 atom stereocenters. The molecule has 3 N–H and O–H groups in total. The maximum absolute atomic E-state index is 5.75. The van der Waals surface area contributed by atoms with Gasteiger partial charge < -0.3 is 0 Å². The number of nitrogens with two attached hydrogens (primary N) is 1. The fourth-order valence-electron chi connectivity index (χ4n) is 2.42. The normalized spacial score (nSPS) is 12.5. The molecule has 2 aromatic heterocycles. The third kappa shape index (κ3) is 2.27. The number of rotatable bonds is 3. The van der Waals surface area contributed by atoms with Crippen molar-refractivity contribution in [2.75, 3.05) is 0 Å². The van der Waals surface area contributed by atoms with Crippen molar-refractivity contribution in [1.82, 2.24) is 15.4 Å². The Labute approximate surface area is 117 Å². The van der Waals surface area contributed by atoms with Crippen molar-refractivity contribution < 1.29 is 0 Å². The number of aromatic nitrogens is 2. The standard InChI is InChI=1S/C16H16N4/c1-11-9-18-7-6-14(11)16(20-17)13-8-12-4-2-3-5-15(12)19-10-13/h2-10,16,20H,17H2,1H3. The molecule has 1 unspecified atom stereocenters. The third-order valence-corrected chi connectivity index (χ3v) is 3.49. The van der Waals surface area contributed by atoms with Crippen LogP contribution in [-0.2, 0) is 0 Å². The largest absolute Gasteiger partial charge is 0.271 e. The van der Waals surface area contributed by atoms with E-state index in [4.69, 9.17) is 5.84 Å². The number of hydrazine groups is 1. The van der Waals surface area contributed by atoms with Crippen molar-refractivity contribution in [3.05, 3.63) is 71.7 Å². The number of fused-ring (bicyclic) bond motifs is 1. The van der Waals surface area contributed by atoms with Gasteiger partial charge >= 0.3 is 0 Å². The summed E-state index contributed by atoms with van der Waals surface area (Å²) < 4.78 is 0. The molecule has 0 radical (unpaired) electrons. The molecule has 20 heavy (non-hydrogen) atoms. The number of para-hydroxylation sites is 1. The first-order valence-corrected chi connectivity index (χ1v) is 6.51. The van der Waals surface area contributed by atoms with E-state index in [1.165, 1.54) is 0 Å². The van der Waals surface area contributed by atoms with Gasteiger partial charge in [-0.25, -0.2) is 5.43 Å². The lowest BCUT2D eigenvalue weighted by molar-refractivity contribution is 0.631. The quantitative estimate of drug-likeness (QED) is 0.563. The zero-order chi connectivity index (χ0) is 13.9. The topological polar surface area (TPSA) is 63.8 Å². The molecule has 0 aliphatic carbocycles. The number of hydrogen-bond acceptors (Lipinski definition) is 4. The molecule has 0 spiro atoms. The van der Waals surface area contributed by atoms with Gasteiger partial charge in [0.25, 0.3) is 0 Å². The highest BCUT2D eigenvalue weighted by Crippen LogP contribution is 2.25. The van der Waals surface area contributed by atoms with Gasteiger partial charge in [0, 0.05) is 24.0 Å². The minimum absolute atomic E-state index is 0.0879. The van der Waals surface area contributed by atoms with Gasteiger partial charge in [0.05, 0.1) is 11.6 Å². The molecular formula is C16H16N4. The molecule has 0 saturated carbocycles. The summed E-state index contributed by atoms with van der Waals surface area (Å²) in [5.41, 5.74) is 7.11. The summed E-state index contributed by atoms with van der Waals surface area (Å²) in [6.45, 7) is 2.03. The van der Waals surface area contributed by atoms with Gasteiger partial charge in [0.1, 0.15) is 0 Å². The molecule has 1 aromatic carbocycles. The molecule has 3 aromatic rings. The van der Waals surface area contributed by atoms with Crippen LogP contribution in [0.25, 0.3) is 10.9 Å². The number of pyridine rings is 2. The van der Waals surface area contributed by atoms with Gasteiger partial charge in [-0.05, 0) is 41.8 Å². The second-order valence-electron chi connectivity index (χ2n) is 4.79. The van der Waals surface area contributed by atoms with Crippen LogP contribution in [0, 0.1) is 6.92 Å². The van der Waals surface area contributed by atoms with Crippen LogP contribution < -0.4 is 11.3 Å². The first-order valence-electron chi connectivity index (χ1n) is 6.51. The highest BCUT2D eigenvalue weighted by atomic mass is 15.2. The Morgan fingerprint density at radius 2 is 2.00 bits per heavy atom. The summed E-state index contributed by atoms with van der Waals surface area (Å²) in [6, 6.07) is 12.1. The van der Waals surface area contributed by atoms with Crippen LogP contribution in [0.1, 0.15) is 22.7 Å². The Hall–Kier alpha value is -2.30. The number of nitrogens with one attached hydrogen (secondary N) is 1. The van der Waals surface area contributed by atoms with E-state index in [-0.39, 0.29) is 6.04 Å². The minimum Gasteiger partial charge on any atom is -0.271 e. The van der Waals surface area contributed by atoms with Gasteiger partial charge in [0.15, 0.2) is 0 Å². The van der Waals surface area contributed by atoms with Crippen molar-refractivity contribution in [3.8, 4) is 0 Å². The van der Waals surface area contributed by atoms with Crippen molar-refractivity contribution in [3.63, 3.8) is 0 Å². The Morgan fingerprint density at radius 1 is 1.15 bits per heavy atom. The summed E-state index contributed by atoms with van der Waals surface area (Å²) in [7, 11) is 0. The summed E-state index contributed by atoms with van der Waals surface area (Å²) in [5, 5.41) is 1.11. The number of benzene rings is 1. The van der Waals surface area contributed by atoms with Crippen molar-refractivity contribution in [2.24, 2.45) is 5.84 Å². The van der Waals surface area contributed by atoms with Gasteiger partial charge in [0.2, 0.25) is 0 Å². The van der Waals surface area contributed by atoms with Gasteiger partial charge in [-0.15, -0.1) is 0 Å². The molecule has 4 heteroatoms. The van der Waals surface area contributed by atoms with Crippen molar-refractivity contribution >= 4 is 10.9 Å². The Kier molecular flexibility index (Phi) is 3.41. The Bertz CT molecular complexity index is 739. The second-order valence-corrected chi connectivity index (χ2v) is 4.79. The van der Waals surface area contributed by atoms with Crippen LogP contribution >= 0.6 is 0 Å². The van der Waals surface area contributed by atoms with E-state index in [0.29, 0.717) is 0 Å². The average molecular weight is 264 g/mol. The van der Waals surface area contributed by atoms with Crippen molar-refractivity contribution in [1.29, 1.82) is 0 Å². The fourth-order valence-corrected chi connectivity index (χ4v) is 2.42. The molecular weight excluding hydrogens is 248 g/mol. The fraction of sp³-hybridized carbons (Fsp3) is 0.125. The maximum atomic E-state index is 5.75. The van der Waals surface area contributed by atoms with Gasteiger partial charge in [-0.1, -0.05) is 18.2 Å². The molecule has 3 rings (SSSR count). The van der Waals surface area contributed by atoms with E-state index in [0.717, 1.165) is 27.6 Å². The molecule has 0 bridgehead atoms. The first kappa shape index (κ1) is 12.7. The lowest BCUT2D eigenvalue weighted by atomic mass is 9.97. The summed E-state index contributed by atoms with van der Waals surface area (Å²) in [5.74, 6) is 5.75. The highest BCUT2D eigenvalue weighted by Gasteiger charge is 2.15. The molecule has 0 aliphatic rings. The van der Waals surface area contributed by atoms with E-state index in [1.54, 1.807) is 6.20 Å². The van der Waals surface area contributed by atoms with Gasteiger partial charge in [-0.2, -0.15) is 0 Å². The highest BCUT2D eigenvalue weighted by molar-refractivity contribution is 5.79. The SMILES string of the molecule is Cc1cnccc1C(NN)c1cnc2ccccc2c1. The third-order valence-electron chi connectivity index (χ3n) is 3.49. The monoisotopic (exact) mass is 264 g/mol. The van der Waals surface area contributed by atoms with Crippen molar-refractivity contribution in [2.45, 2.75) is 13.0 Å². The van der Waals surface area contributed by atoms with E-state index in [9.17, 15) is 0 Å². The molecule has 100 valence electrons. The van der Waals surface area contributed by atoms with E-state index >= 15 is 0 Å². The van der Waals surface area contributed by atoms with E-state index in [1.807, 2.05) is 43.6 Å². The summed E-state index contributed by atoms with van der Waals surface area (Å²) in [4.78, 5) is 8.61. The van der Waals surface area contributed by atoms with Crippen LogP contribution in [-0.4, -0.2) is 9.97 Å². The maximum Gasteiger partial charge on any atom is 0.0728 e. The lowest BCUT2D eigenvalue weighted by Crippen LogP contribution is -2.29. The molecule has 2 heterocycles. The number of nitrogens with zero attached hydrogens (tertiary/aromatic N) is 2. The van der Waals surface area contributed by atoms with E-state index < -0.39 is 0 Å². The smallest absolute Gasteiger partial charge is 0.0728 e. The first-order chi connectivity index (χ1) is 9.79. The summed E-state index contributed by atoms with van der Waals surface area (Å²) >= 11 is 0. The van der Waals surface area contributed by atoms with Crippen LogP contribution in [0.4, 0.5) is 0 Å². The van der Waals surface area contributed by atoms with Crippen LogP contribution in [0.3, 0.4) is 0 Å². The molecule has 4 nitrogen and oxygen atoms in total. The molecule has 0 fully saturated rings.